The van der Waals surface area contributed by atoms with Crippen LogP contribution < -0.4 is 0 Å². The van der Waals surface area contributed by atoms with Gasteiger partial charge in [-0.3, -0.25) is 20.2 Å². The van der Waals surface area contributed by atoms with Gasteiger partial charge in [0.1, 0.15) is 0 Å². The van der Waals surface area contributed by atoms with Crippen LogP contribution in [0, 0.1) is 20.2 Å². The molecule has 2 heterocycles. The van der Waals surface area contributed by atoms with Gasteiger partial charge >= 0.3 is 0 Å². The number of nitro groups is 2. The van der Waals surface area contributed by atoms with Crippen LogP contribution in [0.25, 0.3) is 67.1 Å². The van der Waals surface area contributed by atoms with E-state index in [1.165, 1.54) is 12.1 Å². The minimum Gasteiger partial charge on any atom is -0.258 e. The maximum atomic E-state index is 12.0. The van der Waals surface area contributed by atoms with E-state index in [-0.39, 0.29) is 33.2 Å². The van der Waals surface area contributed by atoms with E-state index in [0.717, 1.165) is 33.4 Å². The fraction of sp³-hybridized carbons (Fsp3) is 0.190. The average Bonchev–Trinajstić information content (AvgIpc) is 3.12. The number of non-ortho nitro benzene ring substituents is 2. The van der Waals surface area contributed by atoms with Crippen LogP contribution in [0.4, 0.5) is 11.4 Å². The number of para-hydroxylation sites is 2. The summed E-state index contributed by atoms with van der Waals surface area (Å²) in [7, 11) is 0. The van der Waals surface area contributed by atoms with Crippen LogP contribution in [0.2, 0.25) is 0 Å². The Bertz CT molecular complexity index is 2340. The topological polar surface area (TPSA) is 138 Å². The average molecular weight is 689 g/mol. The molecule has 0 bridgehead atoms. The lowest BCUT2D eigenvalue weighted by atomic mass is 9.86. The molecule has 0 spiro atoms. The van der Waals surface area contributed by atoms with Gasteiger partial charge in [0.15, 0.2) is 11.0 Å². The van der Waals surface area contributed by atoms with Crippen molar-refractivity contribution in [3.05, 3.63) is 141 Å². The van der Waals surface area contributed by atoms with Crippen molar-refractivity contribution in [3.8, 4) is 45.0 Å². The number of rotatable bonds is 6. The minimum atomic E-state index is -0.439. The first-order valence-corrected chi connectivity index (χ1v) is 16.9. The highest BCUT2D eigenvalue weighted by Gasteiger charge is 2.23. The first kappa shape index (κ1) is 34.0. The summed E-state index contributed by atoms with van der Waals surface area (Å²) in [5.41, 5.74) is 8.43. The van der Waals surface area contributed by atoms with Gasteiger partial charge in [-0.15, -0.1) is 0 Å². The van der Waals surface area contributed by atoms with Crippen molar-refractivity contribution in [1.29, 1.82) is 0 Å². The molecule has 7 rings (SSSR count). The Hall–Kier alpha value is -6.42. The molecule has 5 aromatic carbocycles. The van der Waals surface area contributed by atoms with E-state index < -0.39 is 9.85 Å². The summed E-state index contributed by atoms with van der Waals surface area (Å²) >= 11 is 0. The number of aromatic nitrogens is 4. The highest BCUT2D eigenvalue weighted by Crippen LogP contribution is 2.38. The van der Waals surface area contributed by atoms with Gasteiger partial charge in [0.2, 0.25) is 0 Å². The Morgan fingerprint density at radius 2 is 0.712 bits per heavy atom. The molecule has 258 valence electrons. The third-order valence-electron chi connectivity index (χ3n) is 9.22. The highest BCUT2D eigenvalue weighted by molar-refractivity contribution is 5.93. The lowest BCUT2D eigenvalue weighted by molar-refractivity contribution is -0.383. The van der Waals surface area contributed by atoms with Crippen molar-refractivity contribution < 1.29 is 9.85 Å². The lowest BCUT2D eigenvalue weighted by Gasteiger charge is -2.19. The van der Waals surface area contributed by atoms with Crippen LogP contribution in [0.1, 0.15) is 52.7 Å². The third-order valence-corrected chi connectivity index (χ3v) is 9.22. The Balaban J connectivity index is 1.40. The van der Waals surface area contributed by atoms with Gasteiger partial charge in [-0.25, -0.2) is 19.9 Å². The third kappa shape index (κ3) is 6.35. The summed E-state index contributed by atoms with van der Waals surface area (Å²) in [6.45, 7) is 12.8. The van der Waals surface area contributed by atoms with E-state index in [0.29, 0.717) is 33.8 Å². The molecule has 0 aliphatic heterocycles. The minimum absolute atomic E-state index is 0.0604. The number of fused-ring (bicyclic) bond motifs is 2. The van der Waals surface area contributed by atoms with Crippen molar-refractivity contribution in [2.75, 3.05) is 0 Å². The maximum Gasteiger partial charge on any atom is 0.297 e. The zero-order valence-electron chi connectivity index (χ0n) is 29.7. The molecule has 0 amide bonds. The number of benzene rings is 5. The van der Waals surface area contributed by atoms with Gasteiger partial charge in [-0.1, -0.05) is 126 Å². The van der Waals surface area contributed by atoms with Crippen molar-refractivity contribution in [1.82, 2.24) is 19.9 Å². The van der Waals surface area contributed by atoms with E-state index in [1.807, 2.05) is 72.8 Å². The zero-order valence-corrected chi connectivity index (χ0v) is 29.7. The highest BCUT2D eigenvalue weighted by atomic mass is 16.6. The molecule has 0 radical (unpaired) electrons. The summed E-state index contributed by atoms with van der Waals surface area (Å²) in [5, 5.41) is 23.9. The normalized spacial score (nSPS) is 12.0. The van der Waals surface area contributed by atoms with Gasteiger partial charge in [-0.2, -0.15) is 0 Å². The molecular weight excluding hydrogens is 652 g/mol. The second-order valence-electron chi connectivity index (χ2n) is 14.9. The maximum absolute atomic E-state index is 12.0. The van der Waals surface area contributed by atoms with Gasteiger partial charge < -0.3 is 0 Å². The fourth-order valence-electron chi connectivity index (χ4n) is 6.27. The van der Waals surface area contributed by atoms with E-state index >= 15 is 0 Å². The van der Waals surface area contributed by atoms with Crippen LogP contribution in [0.3, 0.4) is 0 Å². The second-order valence-corrected chi connectivity index (χ2v) is 14.9. The lowest BCUT2D eigenvalue weighted by Crippen LogP contribution is -2.10. The summed E-state index contributed by atoms with van der Waals surface area (Å²) < 4.78 is 0. The molecule has 0 saturated heterocycles. The number of hydrogen-bond donors (Lipinski definition) is 0. The molecule has 0 saturated carbocycles. The Morgan fingerprint density at radius 3 is 1.00 bits per heavy atom. The van der Waals surface area contributed by atoms with Crippen LogP contribution in [0.5, 0.6) is 0 Å². The summed E-state index contributed by atoms with van der Waals surface area (Å²) in [5.74, 6) is 0. The monoisotopic (exact) mass is 688 g/mol. The first-order chi connectivity index (χ1) is 24.7. The number of nitrogens with zero attached hydrogens (tertiary/aromatic N) is 6. The largest absolute Gasteiger partial charge is 0.297 e. The smallest absolute Gasteiger partial charge is 0.258 e. The van der Waals surface area contributed by atoms with Crippen molar-refractivity contribution in [2.45, 2.75) is 52.4 Å². The molecule has 0 N–H and O–H groups in total. The second kappa shape index (κ2) is 12.7. The standard InChI is InChI=1S/C42H36N6O4/c1-41(2,3)29-21-17-27(18-22-29)37-35(43-31-9-7-11-33(47(49)50)39(31)45-37)25-13-15-26(16-14-25)36-38(28-19-23-30(24-20-28)42(4,5)6)46-40-32(44-36)10-8-12-34(40)48(51)52/h7-24H,1-6H3. The molecule has 2 aromatic heterocycles. The Labute approximate surface area is 300 Å². The van der Waals surface area contributed by atoms with Gasteiger partial charge in [0.25, 0.3) is 11.4 Å². The number of nitro benzene ring substituents is 2. The van der Waals surface area contributed by atoms with Crippen molar-refractivity contribution in [2.24, 2.45) is 0 Å². The van der Waals surface area contributed by atoms with E-state index in [4.69, 9.17) is 19.9 Å². The molecule has 0 fully saturated rings. The summed E-state index contributed by atoms with van der Waals surface area (Å²) in [4.78, 5) is 42.7. The predicted octanol–water partition coefficient (Wildman–Crippen LogP) is 10.7. The SMILES string of the molecule is CC(C)(C)c1ccc(-c2nc3c([N+](=O)[O-])cccc3nc2-c2ccc(-c3nc4cccc([N+](=O)[O-])c4nc3-c3ccc(C(C)(C)C)cc3)cc2)cc1. The molecule has 0 aliphatic carbocycles. The van der Waals surface area contributed by atoms with Crippen LogP contribution in [0.15, 0.2) is 109 Å². The summed E-state index contributed by atoms with van der Waals surface area (Å²) in [6, 6.07) is 33.3. The zero-order chi connectivity index (χ0) is 36.9. The van der Waals surface area contributed by atoms with Gasteiger partial charge in [0, 0.05) is 34.4 Å². The molecule has 52 heavy (non-hydrogen) atoms. The van der Waals surface area contributed by atoms with Crippen LogP contribution in [-0.4, -0.2) is 29.8 Å². The first-order valence-electron chi connectivity index (χ1n) is 16.9. The fourth-order valence-corrected chi connectivity index (χ4v) is 6.27. The Morgan fingerprint density at radius 1 is 0.423 bits per heavy atom. The van der Waals surface area contributed by atoms with Crippen molar-refractivity contribution >= 4 is 33.4 Å². The molecule has 0 atom stereocenters. The van der Waals surface area contributed by atoms with Crippen LogP contribution in [-0.2, 0) is 10.8 Å². The van der Waals surface area contributed by atoms with Crippen molar-refractivity contribution in [3.63, 3.8) is 0 Å². The van der Waals surface area contributed by atoms with E-state index in [2.05, 4.69) is 41.5 Å². The Kier molecular flexibility index (Phi) is 8.33. The van der Waals surface area contributed by atoms with Gasteiger partial charge in [-0.05, 0) is 34.1 Å². The molecule has 0 aliphatic rings. The molecule has 0 unspecified atom stereocenters. The van der Waals surface area contributed by atoms with Gasteiger partial charge in [0.05, 0.1) is 43.7 Å². The van der Waals surface area contributed by atoms with Crippen LogP contribution >= 0.6 is 0 Å². The molecule has 10 nitrogen and oxygen atoms in total. The predicted molar refractivity (Wildman–Crippen MR) is 205 cm³/mol. The van der Waals surface area contributed by atoms with E-state index in [1.54, 1.807) is 24.3 Å². The quantitative estimate of drug-likeness (QED) is 0.124. The summed E-state index contributed by atoms with van der Waals surface area (Å²) in [6.07, 6.45) is 0. The molecular formula is C42H36N6O4. The number of hydrogen-bond acceptors (Lipinski definition) is 8. The molecule has 10 heteroatoms. The van der Waals surface area contributed by atoms with E-state index in [9.17, 15) is 20.2 Å². The molecule has 7 aromatic rings.